The van der Waals surface area contributed by atoms with Gasteiger partial charge in [0.25, 0.3) is 0 Å². The Morgan fingerprint density at radius 2 is 1.61 bits per heavy atom. The molecule has 28 heavy (non-hydrogen) atoms. The topological polar surface area (TPSA) is 32.3 Å². The summed E-state index contributed by atoms with van der Waals surface area (Å²) in [4.78, 5) is 14.7. The third-order valence-electron chi connectivity index (χ3n) is 4.86. The van der Waals surface area contributed by atoms with Crippen LogP contribution in [0.1, 0.15) is 30.0 Å². The first kappa shape index (κ1) is 21.9. The summed E-state index contributed by atoms with van der Waals surface area (Å²) in [5, 5.41) is 5.69. The molecule has 0 aromatic heterocycles. The monoisotopic (exact) mass is 396 g/mol. The highest BCUT2D eigenvalue weighted by Crippen LogP contribution is 2.23. The number of nitrogens with zero attached hydrogens (tertiary/aromatic N) is 1. The molecule has 1 atom stereocenters. The minimum Gasteiger partial charge on any atom is -0.349 e. The number of hydrogen-bond donors (Lipinski definition) is 1. The number of nitrogens with one attached hydrogen (secondary N) is 1. The molecule has 3 aromatic rings. The molecule has 0 saturated carbocycles. The van der Waals surface area contributed by atoms with Crippen LogP contribution in [0.25, 0.3) is 10.8 Å². The van der Waals surface area contributed by atoms with E-state index in [1.807, 2.05) is 18.2 Å². The summed E-state index contributed by atoms with van der Waals surface area (Å²) in [5.74, 6) is 0.107. The van der Waals surface area contributed by atoms with Gasteiger partial charge in [-0.25, -0.2) is 0 Å². The Bertz CT molecular complexity index is 880. The van der Waals surface area contributed by atoms with E-state index in [1.165, 1.54) is 21.9 Å². The molecule has 1 N–H and O–H groups in total. The summed E-state index contributed by atoms with van der Waals surface area (Å²) >= 11 is 0. The van der Waals surface area contributed by atoms with E-state index in [0.29, 0.717) is 6.42 Å². The number of hydrogen-bond acceptors (Lipinski definition) is 2. The maximum absolute atomic E-state index is 12.6. The number of benzene rings is 3. The van der Waals surface area contributed by atoms with Crippen molar-refractivity contribution in [3.8, 4) is 0 Å². The Labute approximate surface area is 174 Å². The molecule has 3 rings (SSSR count). The lowest BCUT2D eigenvalue weighted by molar-refractivity contribution is -0.121. The predicted molar refractivity (Wildman–Crippen MR) is 120 cm³/mol. The van der Waals surface area contributed by atoms with Gasteiger partial charge in [0, 0.05) is 6.42 Å². The molecule has 0 bridgehead atoms. The van der Waals surface area contributed by atoms with E-state index < -0.39 is 0 Å². The molecule has 4 heteroatoms. The predicted octanol–water partition coefficient (Wildman–Crippen LogP) is 5.00. The van der Waals surface area contributed by atoms with Crippen LogP contribution in [-0.4, -0.2) is 31.4 Å². The second-order valence-corrected chi connectivity index (χ2v) is 7.30. The van der Waals surface area contributed by atoms with Gasteiger partial charge in [0.2, 0.25) is 5.91 Å². The molecule has 0 aliphatic rings. The van der Waals surface area contributed by atoms with Gasteiger partial charge in [-0.15, -0.1) is 12.4 Å². The van der Waals surface area contributed by atoms with Crippen molar-refractivity contribution < 1.29 is 4.79 Å². The van der Waals surface area contributed by atoms with Gasteiger partial charge in [-0.3, -0.25) is 4.79 Å². The average Bonchev–Trinajstić information content (AvgIpc) is 2.70. The number of amides is 1. The van der Waals surface area contributed by atoms with Gasteiger partial charge in [0.1, 0.15) is 0 Å². The van der Waals surface area contributed by atoms with Gasteiger partial charge < -0.3 is 10.2 Å². The van der Waals surface area contributed by atoms with Gasteiger partial charge in [-0.1, -0.05) is 66.7 Å². The van der Waals surface area contributed by atoms with Gasteiger partial charge in [-0.2, -0.15) is 0 Å². The second-order valence-electron chi connectivity index (χ2n) is 7.30. The largest absolute Gasteiger partial charge is 0.349 e. The van der Waals surface area contributed by atoms with E-state index in [0.717, 1.165) is 19.4 Å². The summed E-state index contributed by atoms with van der Waals surface area (Å²) in [7, 11) is 4.13. The fourth-order valence-corrected chi connectivity index (χ4v) is 3.30. The van der Waals surface area contributed by atoms with Crippen LogP contribution in [0.15, 0.2) is 72.8 Å². The summed E-state index contributed by atoms with van der Waals surface area (Å²) < 4.78 is 0. The highest BCUT2D eigenvalue weighted by atomic mass is 35.5. The molecule has 0 aliphatic heterocycles. The fourth-order valence-electron chi connectivity index (χ4n) is 3.30. The Morgan fingerprint density at radius 1 is 0.929 bits per heavy atom. The number of halogens is 1. The molecule has 0 heterocycles. The van der Waals surface area contributed by atoms with Crippen LogP contribution in [-0.2, 0) is 11.2 Å². The zero-order valence-electron chi connectivity index (χ0n) is 16.6. The van der Waals surface area contributed by atoms with Gasteiger partial charge in [0.15, 0.2) is 0 Å². The van der Waals surface area contributed by atoms with E-state index >= 15 is 0 Å². The van der Waals surface area contributed by atoms with Crippen LogP contribution in [0.3, 0.4) is 0 Å². The van der Waals surface area contributed by atoms with E-state index in [2.05, 4.69) is 78.9 Å². The van der Waals surface area contributed by atoms with Crippen molar-refractivity contribution in [3.05, 3.63) is 83.9 Å². The zero-order chi connectivity index (χ0) is 19.1. The van der Waals surface area contributed by atoms with Crippen LogP contribution >= 0.6 is 12.4 Å². The van der Waals surface area contributed by atoms with Crippen molar-refractivity contribution in [2.75, 3.05) is 20.6 Å². The van der Waals surface area contributed by atoms with Crippen molar-refractivity contribution in [1.29, 1.82) is 0 Å². The summed E-state index contributed by atoms with van der Waals surface area (Å²) in [6.07, 6.45) is 2.17. The molecule has 0 saturated heterocycles. The average molecular weight is 397 g/mol. The van der Waals surface area contributed by atoms with E-state index in [1.54, 1.807) is 0 Å². The molecular weight excluding hydrogens is 368 g/mol. The lowest BCUT2D eigenvalue weighted by atomic mass is 9.99. The standard InChI is InChI=1S/C24H28N2O.ClH/c1-26(2)17-16-23(22-14-13-20-10-6-7-11-21(20)18-22)25-24(27)15-12-19-8-4-3-5-9-19;/h3-11,13-14,18,23H,12,15-17H2,1-2H3,(H,25,27);1H. The highest BCUT2D eigenvalue weighted by Gasteiger charge is 2.15. The molecule has 0 spiro atoms. The van der Waals surface area contributed by atoms with E-state index in [9.17, 15) is 4.79 Å². The fraction of sp³-hybridized carbons (Fsp3) is 0.292. The van der Waals surface area contributed by atoms with E-state index in [-0.39, 0.29) is 24.4 Å². The second kappa shape index (κ2) is 10.8. The number of fused-ring (bicyclic) bond motifs is 1. The Morgan fingerprint density at radius 3 is 2.32 bits per heavy atom. The maximum atomic E-state index is 12.6. The highest BCUT2D eigenvalue weighted by molar-refractivity contribution is 5.85. The van der Waals surface area contributed by atoms with Gasteiger partial charge in [-0.05, 0) is 61.4 Å². The van der Waals surface area contributed by atoms with Gasteiger partial charge >= 0.3 is 0 Å². The molecule has 3 nitrogen and oxygen atoms in total. The number of rotatable bonds is 8. The van der Waals surface area contributed by atoms with Crippen LogP contribution in [0.4, 0.5) is 0 Å². The number of carbonyl (C=O) groups is 1. The molecular formula is C24H29ClN2O. The Kier molecular flexibility index (Phi) is 8.49. The quantitative estimate of drug-likeness (QED) is 0.580. The maximum Gasteiger partial charge on any atom is 0.220 e. The first-order valence-electron chi connectivity index (χ1n) is 9.58. The minimum absolute atomic E-state index is 0. The number of carbonyl (C=O) groups excluding carboxylic acids is 1. The van der Waals surface area contributed by atoms with Crippen LogP contribution in [0.2, 0.25) is 0 Å². The minimum atomic E-state index is 0. The lowest BCUT2D eigenvalue weighted by Crippen LogP contribution is -2.31. The Hall–Kier alpha value is -2.36. The van der Waals surface area contributed by atoms with Crippen molar-refractivity contribution in [2.24, 2.45) is 0 Å². The lowest BCUT2D eigenvalue weighted by Gasteiger charge is -2.22. The van der Waals surface area contributed by atoms with Crippen LogP contribution in [0.5, 0.6) is 0 Å². The summed E-state index contributed by atoms with van der Waals surface area (Å²) in [6.45, 7) is 0.927. The third-order valence-corrected chi connectivity index (χ3v) is 4.86. The molecule has 0 fully saturated rings. The molecule has 1 amide bonds. The normalized spacial score (nSPS) is 11.8. The molecule has 1 unspecified atom stereocenters. The number of aryl methyl sites for hydroxylation is 1. The summed E-state index contributed by atoms with van der Waals surface area (Å²) in [6, 6.07) is 25.0. The molecule has 0 radical (unpaired) electrons. The smallest absolute Gasteiger partial charge is 0.220 e. The van der Waals surface area contributed by atoms with Crippen LogP contribution < -0.4 is 5.32 Å². The molecule has 148 valence electrons. The first-order chi connectivity index (χ1) is 13.1. The SMILES string of the molecule is CN(C)CCC(NC(=O)CCc1ccccc1)c1ccc2ccccc2c1.Cl. The molecule has 3 aromatic carbocycles. The van der Waals surface area contributed by atoms with Crippen molar-refractivity contribution in [2.45, 2.75) is 25.3 Å². The van der Waals surface area contributed by atoms with E-state index in [4.69, 9.17) is 0 Å². The van der Waals surface area contributed by atoms with Crippen LogP contribution in [0, 0.1) is 0 Å². The molecule has 0 aliphatic carbocycles. The summed E-state index contributed by atoms with van der Waals surface area (Å²) in [5.41, 5.74) is 2.37. The zero-order valence-corrected chi connectivity index (χ0v) is 17.4. The van der Waals surface area contributed by atoms with Crippen molar-refractivity contribution in [3.63, 3.8) is 0 Å². The van der Waals surface area contributed by atoms with Gasteiger partial charge in [0.05, 0.1) is 6.04 Å². The first-order valence-corrected chi connectivity index (χ1v) is 9.58. The Balaban J connectivity index is 0.00000280. The van der Waals surface area contributed by atoms with Crippen molar-refractivity contribution in [1.82, 2.24) is 10.2 Å². The van der Waals surface area contributed by atoms with Crippen molar-refractivity contribution >= 4 is 29.1 Å². The third kappa shape index (κ3) is 6.36.